The Bertz CT molecular complexity index is 140. The second-order valence-corrected chi connectivity index (χ2v) is 4.93. The number of hydrogen-bond donors (Lipinski definition) is 1. The minimum Gasteiger partial charge on any atom is -0.329 e. The second kappa shape index (κ2) is 10.1. The second-order valence-electron chi connectivity index (χ2n) is 4.93. The van der Waals surface area contributed by atoms with Crippen LogP contribution in [0, 0.1) is 5.92 Å². The van der Waals surface area contributed by atoms with Crippen LogP contribution in [0.4, 0.5) is 0 Å². The number of nitrogens with zero attached hydrogens (tertiary/aromatic N) is 1. The number of nitrogens with two attached hydrogens (primary N) is 1. The van der Waals surface area contributed by atoms with Gasteiger partial charge in [-0.05, 0) is 31.8 Å². The average Bonchev–Trinajstić information content (AvgIpc) is 2.32. The van der Waals surface area contributed by atoms with Gasteiger partial charge in [0.2, 0.25) is 0 Å². The van der Waals surface area contributed by atoms with Crippen molar-refractivity contribution in [2.45, 2.75) is 65.8 Å². The number of rotatable bonds is 10. The van der Waals surface area contributed by atoms with Crippen LogP contribution in [0.5, 0.6) is 0 Å². The molecule has 0 aromatic heterocycles. The van der Waals surface area contributed by atoms with Gasteiger partial charge in [-0.25, -0.2) is 0 Å². The van der Waals surface area contributed by atoms with Crippen molar-refractivity contribution >= 4 is 0 Å². The van der Waals surface area contributed by atoms with E-state index in [0.29, 0.717) is 6.04 Å². The van der Waals surface area contributed by atoms with E-state index >= 15 is 0 Å². The van der Waals surface area contributed by atoms with Crippen molar-refractivity contribution in [3.63, 3.8) is 0 Å². The first-order valence-electron chi connectivity index (χ1n) is 7.15. The zero-order valence-electron chi connectivity index (χ0n) is 11.8. The first kappa shape index (κ1) is 15.9. The molecule has 0 aliphatic rings. The zero-order chi connectivity index (χ0) is 12.4. The minimum atomic E-state index is 0.586. The smallest absolute Gasteiger partial charge is 0.0243 e. The molecular weight excluding hydrogens is 196 g/mol. The third-order valence-electron chi connectivity index (χ3n) is 3.61. The number of unbranched alkanes of at least 4 members (excludes halogenated alkanes) is 2. The Morgan fingerprint density at radius 1 is 1.00 bits per heavy atom. The fraction of sp³-hybridized carbons (Fsp3) is 1.00. The summed E-state index contributed by atoms with van der Waals surface area (Å²) >= 11 is 0. The fourth-order valence-electron chi connectivity index (χ4n) is 2.18. The number of hydrogen-bond acceptors (Lipinski definition) is 2. The Kier molecular flexibility index (Phi) is 10.0. The highest BCUT2D eigenvalue weighted by Gasteiger charge is 2.20. The summed E-state index contributed by atoms with van der Waals surface area (Å²) in [6.45, 7) is 12.4. The van der Waals surface area contributed by atoms with Gasteiger partial charge in [-0.1, -0.05) is 47.0 Å². The molecule has 0 amide bonds. The molecule has 0 aromatic rings. The maximum absolute atomic E-state index is 5.95. The van der Waals surface area contributed by atoms with Crippen LogP contribution in [0.1, 0.15) is 59.8 Å². The summed E-state index contributed by atoms with van der Waals surface area (Å²) in [5.74, 6) is 0.721. The molecule has 2 N–H and O–H groups in total. The molecule has 0 spiro atoms. The molecule has 0 rings (SSSR count). The minimum absolute atomic E-state index is 0.586. The van der Waals surface area contributed by atoms with Crippen LogP contribution in [0.3, 0.4) is 0 Å². The Hall–Kier alpha value is -0.0800. The van der Waals surface area contributed by atoms with E-state index in [-0.39, 0.29) is 0 Å². The Morgan fingerprint density at radius 2 is 1.50 bits per heavy atom. The van der Waals surface area contributed by atoms with Crippen LogP contribution in [0.25, 0.3) is 0 Å². The van der Waals surface area contributed by atoms with Crippen LogP contribution in [0.15, 0.2) is 0 Å². The topological polar surface area (TPSA) is 29.3 Å². The first-order valence-corrected chi connectivity index (χ1v) is 7.15. The van der Waals surface area contributed by atoms with Gasteiger partial charge in [0.15, 0.2) is 0 Å². The van der Waals surface area contributed by atoms with Gasteiger partial charge >= 0.3 is 0 Å². The third kappa shape index (κ3) is 5.86. The van der Waals surface area contributed by atoms with Gasteiger partial charge in [-0.2, -0.15) is 0 Å². The van der Waals surface area contributed by atoms with Gasteiger partial charge in [0, 0.05) is 12.6 Å². The van der Waals surface area contributed by atoms with Gasteiger partial charge in [0.1, 0.15) is 0 Å². The van der Waals surface area contributed by atoms with Gasteiger partial charge in [0.05, 0.1) is 0 Å². The molecule has 0 saturated heterocycles. The molecule has 0 heterocycles. The summed E-state index contributed by atoms with van der Waals surface area (Å²) in [5, 5.41) is 0. The lowest BCUT2D eigenvalue weighted by Gasteiger charge is -2.34. The lowest BCUT2D eigenvalue weighted by Crippen LogP contribution is -2.45. The van der Waals surface area contributed by atoms with Crippen molar-refractivity contribution in [3.8, 4) is 0 Å². The molecule has 98 valence electrons. The van der Waals surface area contributed by atoms with Crippen molar-refractivity contribution in [3.05, 3.63) is 0 Å². The van der Waals surface area contributed by atoms with Crippen molar-refractivity contribution < 1.29 is 0 Å². The summed E-state index contributed by atoms with van der Waals surface area (Å²) in [7, 11) is 0. The standard InChI is InChI=1S/C14H32N2/c1-5-8-10-16(11-9-6-2)14(12-15)13(4)7-3/h13-14H,5-12,15H2,1-4H3. The van der Waals surface area contributed by atoms with Gasteiger partial charge in [-0.15, -0.1) is 0 Å². The summed E-state index contributed by atoms with van der Waals surface area (Å²) in [5.41, 5.74) is 5.95. The summed E-state index contributed by atoms with van der Waals surface area (Å²) < 4.78 is 0. The third-order valence-corrected chi connectivity index (χ3v) is 3.61. The Balaban J connectivity index is 4.29. The maximum atomic E-state index is 5.95. The van der Waals surface area contributed by atoms with E-state index in [0.717, 1.165) is 12.5 Å². The van der Waals surface area contributed by atoms with Gasteiger partial charge in [-0.3, -0.25) is 4.90 Å². The van der Waals surface area contributed by atoms with E-state index < -0.39 is 0 Å². The van der Waals surface area contributed by atoms with E-state index in [1.807, 2.05) is 0 Å². The van der Waals surface area contributed by atoms with E-state index in [4.69, 9.17) is 5.73 Å². The molecule has 2 unspecified atom stereocenters. The van der Waals surface area contributed by atoms with Crippen LogP contribution in [0.2, 0.25) is 0 Å². The highest BCUT2D eigenvalue weighted by Crippen LogP contribution is 2.15. The molecule has 0 bridgehead atoms. The predicted molar refractivity (Wildman–Crippen MR) is 73.7 cm³/mol. The van der Waals surface area contributed by atoms with E-state index in [2.05, 4.69) is 32.6 Å². The summed E-state index contributed by atoms with van der Waals surface area (Å²) in [6, 6.07) is 0.586. The lowest BCUT2D eigenvalue weighted by molar-refractivity contribution is 0.146. The Morgan fingerprint density at radius 3 is 1.81 bits per heavy atom. The first-order chi connectivity index (χ1) is 7.71. The normalized spacial score (nSPS) is 15.4. The highest BCUT2D eigenvalue weighted by molar-refractivity contribution is 4.77. The van der Waals surface area contributed by atoms with Gasteiger partial charge in [0.25, 0.3) is 0 Å². The van der Waals surface area contributed by atoms with Crippen molar-refractivity contribution in [2.75, 3.05) is 19.6 Å². The SMILES string of the molecule is CCCCN(CCCC)C(CN)C(C)CC. The molecule has 2 nitrogen and oxygen atoms in total. The average molecular weight is 228 g/mol. The fourth-order valence-corrected chi connectivity index (χ4v) is 2.18. The summed E-state index contributed by atoms with van der Waals surface area (Å²) in [6.07, 6.45) is 6.39. The molecule has 0 aliphatic carbocycles. The zero-order valence-corrected chi connectivity index (χ0v) is 11.8. The predicted octanol–water partition coefficient (Wildman–Crippen LogP) is 3.26. The Labute approximate surface area is 103 Å². The molecule has 0 saturated carbocycles. The lowest BCUT2D eigenvalue weighted by atomic mass is 9.97. The van der Waals surface area contributed by atoms with E-state index in [1.54, 1.807) is 0 Å². The molecule has 0 radical (unpaired) electrons. The molecule has 2 heteroatoms. The maximum Gasteiger partial charge on any atom is 0.0243 e. The molecule has 0 aliphatic heterocycles. The van der Waals surface area contributed by atoms with Crippen molar-refractivity contribution in [1.29, 1.82) is 0 Å². The van der Waals surface area contributed by atoms with Crippen LogP contribution in [-0.2, 0) is 0 Å². The summed E-state index contributed by atoms with van der Waals surface area (Å²) in [4.78, 5) is 2.63. The van der Waals surface area contributed by atoms with E-state index in [9.17, 15) is 0 Å². The molecule has 0 fully saturated rings. The monoisotopic (exact) mass is 228 g/mol. The van der Waals surface area contributed by atoms with Gasteiger partial charge < -0.3 is 5.73 Å². The van der Waals surface area contributed by atoms with Crippen LogP contribution in [-0.4, -0.2) is 30.6 Å². The van der Waals surface area contributed by atoms with Crippen LogP contribution < -0.4 is 5.73 Å². The van der Waals surface area contributed by atoms with Crippen molar-refractivity contribution in [1.82, 2.24) is 4.90 Å². The molecule has 0 aromatic carbocycles. The molecule has 16 heavy (non-hydrogen) atoms. The molecule has 2 atom stereocenters. The van der Waals surface area contributed by atoms with E-state index in [1.165, 1.54) is 45.2 Å². The highest BCUT2D eigenvalue weighted by atomic mass is 15.2. The largest absolute Gasteiger partial charge is 0.329 e. The van der Waals surface area contributed by atoms with Crippen LogP contribution >= 0.6 is 0 Å². The molecular formula is C14H32N2. The van der Waals surface area contributed by atoms with Crippen molar-refractivity contribution in [2.24, 2.45) is 11.7 Å². The quantitative estimate of drug-likeness (QED) is 0.622.